The van der Waals surface area contributed by atoms with Crippen LogP contribution in [-0.2, 0) is 20.5 Å². The first-order chi connectivity index (χ1) is 13.5. The SMILES string of the molecule is Cc1oc(-c2cnn(C)c2)nc1C(=O)N1CCCc2c1ccc1c2ncn1C. The zero-order valence-corrected chi connectivity index (χ0v) is 16.0. The third kappa shape index (κ3) is 2.45. The summed E-state index contributed by atoms with van der Waals surface area (Å²) in [5.41, 5.74) is 5.15. The molecule has 0 fully saturated rings. The zero-order chi connectivity index (χ0) is 19.4. The summed E-state index contributed by atoms with van der Waals surface area (Å²) >= 11 is 0. The summed E-state index contributed by atoms with van der Waals surface area (Å²) in [7, 11) is 3.81. The van der Waals surface area contributed by atoms with Crippen LogP contribution < -0.4 is 4.90 Å². The van der Waals surface area contributed by atoms with E-state index in [4.69, 9.17) is 4.42 Å². The number of aryl methyl sites for hydroxylation is 4. The molecule has 4 heterocycles. The van der Waals surface area contributed by atoms with Gasteiger partial charge < -0.3 is 13.9 Å². The van der Waals surface area contributed by atoms with E-state index in [1.165, 1.54) is 0 Å². The van der Waals surface area contributed by atoms with E-state index in [-0.39, 0.29) is 5.91 Å². The highest BCUT2D eigenvalue weighted by Gasteiger charge is 2.29. The van der Waals surface area contributed by atoms with Crippen molar-refractivity contribution in [2.75, 3.05) is 11.4 Å². The second-order valence-electron chi connectivity index (χ2n) is 7.17. The van der Waals surface area contributed by atoms with Crippen molar-refractivity contribution in [2.45, 2.75) is 19.8 Å². The fourth-order valence-corrected chi connectivity index (χ4v) is 3.87. The molecule has 142 valence electrons. The first kappa shape index (κ1) is 16.7. The van der Waals surface area contributed by atoms with Crippen LogP contribution in [0.2, 0.25) is 0 Å². The molecule has 0 unspecified atom stereocenters. The van der Waals surface area contributed by atoms with E-state index in [0.717, 1.165) is 40.7 Å². The molecule has 0 radical (unpaired) electrons. The summed E-state index contributed by atoms with van der Waals surface area (Å²) in [5.74, 6) is 0.772. The fraction of sp³-hybridized carbons (Fsp3) is 0.300. The quantitative estimate of drug-likeness (QED) is 0.537. The minimum atomic E-state index is -0.146. The molecule has 4 aromatic rings. The Labute approximate surface area is 161 Å². The highest BCUT2D eigenvalue weighted by atomic mass is 16.4. The van der Waals surface area contributed by atoms with E-state index >= 15 is 0 Å². The monoisotopic (exact) mass is 376 g/mol. The molecule has 1 amide bonds. The lowest BCUT2D eigenvalue weighted by Crippen LogP contribution is -2.36. The number of rotatable bonds is 2. The number of carbonyl (C=O) groups is 1. The molecule has 0 atom stereocenters. The lowest BCUT2D eigenvalue weighted by Gasteiger charge is -2.29. The van der Waals surface area contributed by atoms with Gasteiger partial charge in [-0.2, -0.15) is 5.10 Å². The van der Waals surface area contributed by atoms with Crippen molar-refractivity contribution in [1.29, 1.82) is 0 Å². The highest BCUT2D eigenvalue weighted by molar-refractivity contribution is 6.07. The number of nitrogens with zero attached hydrogens (tertiary/aromatic N) is 6. The molecule has 0 saturated carbocycles. The van der Waals surface area contributed by atoms with Gasteiger partial charge in [0.05, 0.1) is 29.1 Å². The molecule has 28 heavy (non-hydrogen) atoms. The van der Waals surface area contributed by atoms with Crippen LogP contribution in [0.3, 0.4) is 0 Å². The van der Waals surface area contributed by atoms with E-state index in [1.807, 2.05) is 43.3 Å². The van der Waals surface area contributed by atoms with Crippen molar-refractivity contribution in [3.8, 4) is 11.5 Å². The van der Waals surface area contributed by atoms with E-state index in [1.54, 1.807) is 22.7 Å². The molecule has 0 bridgehead atoms. The number of hydrogen-bond acceptors (Lipinski definition) is 5. The molecule has 8 nitrogen and oxygen atoms in total. The number of carbonyl (C=O) groups excluding carboxylic acids is 1. The van der Waals surface area contributed by atoms with Crippen molar-refractivity contribution >= 4 is 22.6 Å². The van der Waals surface area contributed by atoms with Crippen LogP contribution in [0.15, 0.2) is 35.3 Å². The third-order valence-corrected chi connectivity index (χ3v) is 5.27. The van der Waals surface area contributed by atoms with Crippen LogP contribution in [-0.4, -0.2) is 36.8 Å². The molecule has 0 N–H and O–H groups in total. The topological polar surface area (TPSA) is 82.0 Å². The van der Waals surface area contributed by atoms with Crippen LogP contribution >= 0.6 is 0 Å². The Hall–Kier alpha value is -3.42. The number of amides is 1. The van der Waals surface area contributed by atoms with Crippen LogP contribution in [0.1, 0.15) is 28.2 Å². The summed E-state index contributed by atoms with van der Waals surface area (Å²) in [6.07, 6.45) is 7.10. The smallest absolute Gasteiger partial charge is 0.280 e. The van der Waals surface area contributed by atoms with Crippen LogP contribution in [0.25, 0.3) is 22.5 Å². The molecular weight excluding hydrogens is 356 g/mol. The van der Waals surface area contributed by atoms with Gasteiger partial charge in [0.25, 0.3) is 5.91 Å². The molecule has 1 aliphatic rings. The predicted molar refractivity (Wildman–Crippen MR) is 104 cm³/mol. The zero-order valence-electron chi connectivity index (χ0n) is 16.0. The average Bonchev–Trinajstić information content (AvgIpc) is 3.39. The molecule has 0 spiro atoms. The third-order valence-electron chi connectivity index (χ3n) is 5.27. The molecule has 1 aromatic carbocycles. The summed E-state index contributed by atoms with van der Waals surface area (Å²) in [6.45, 7) is 2.42. The lowest BCUT2D eigenvalue weighted by atomic mass is 9.99. The number of fused-ring (bicyclic) bond motifs is 3. The summed E-state index contributed by atoms with van der Waals surface area (Å²) in [5, 5.41) is 4.14. The van der Waals surface area contributed by atoms with Gasteiger partial charge in [0.15, 0.2) is 5.69 Å². The van der Waals surface area contributed by atoms with Crippen molar-refractivity contribution < 1.29 is 9.21 Å². The fourth-order valence-electron chi connectivity index (χ4n) is 3.87. The molecular formula is C20H20N6O2. The molecule has 5 rings (SSSR count). The van der Waals surface area contributed by atoms with Crippen molar-refractivity contribution in [3.63, 3.8) is 0 Å². The predicted octanol–water partition coefficient (Wildman–Crippen LogP) is 2.86. The average molecular weight is 376 g/mol. The van der Waals surface area contributed by atoms with E-state index in [0.29, 0.717) is 23.9 Å². The number of hydrogen-bond donors (Lipinski definition) is 0. The first-order valence-electron chi connectivity index (χ1n) is 9.24. The van der Waals surface area contributed by atoms with E-state index in [2.05, 4.69) is 15.1 Å². The standard InChI is InChI=1S/C20H20N6O2/c1-12-17(23-19(28-12)13-9-22-25(3)10-13)20(27)26-8-4-5-14-15(26)6-7-16-18(14)21-11-24(16)2/h6-7,9-11H,4-5,8H2,1-3H3. The van der Waals surface area contributed by atoms with Crippen LogP contribution in [0, 0.1) is 6.92 Å². The Morgan fingerprint density at radius 3 is 2.89 bits per heavy atom. The Balaban J connectivity index is 1.55. The lowest BCUT2D eigenvalue weighted by molar-refractivity contribution is 0.0979. The van der Waals surface area contributed by atoms with E-state index in [9.17, 15) is 4.79 Å². The molecule has 8 heteroatoms. The Morgan fingerprint density at radius 2 is 2.11 bits per heavy atom. The normalized spacial score (nSPS) is 13.9. The first-order valence-corrected chi connectivity index (χ1v) is 9.24. The van der Waals surface area contributed by atoms with Crippen LogP contribution in [0.5, 0.6) is 0 Å². The minimum Gasteiger partial charge on any atom is -0.440 e. The minimum absolute atomic E-state index is 0.146. The molecule has 0 aliphatic carbocycles. The number of imidazole rings is 1. The second-order valence-corrected chi connectivity index (χ2v) is 7.17. The second kappa shape index (κ2) is 6.05. The Bertz CT molecular complexity index is 1210. The number of benzene rings is 1. The maximum atomic E-state index is 13.3. The van der Waals surface area contributed by atoms with Gasteiger partial charge in [-0.25, -0.2) is 9.97 Å². The number of anilines is 1. The summed E-state index contributed by atoms with van der Waals surface area (Å²) in [6, 6.07) is 4.03. The van der Waals surface area contributed by atoms with Crippen molar-refractivity contribution in [3.05, 3.63) is 47.9 Å². The Kier molecular flexibility index (Phi) is 3.61. The summed E-state index contributed by atoms with van der Waals surface area (Å²) in [4.78, 5) is 24.1. The largest absolute Gasteiger partial charge is 0.440 e. The number of aromatic nitrogens is 5. The van der Waals surface area contributed by atoms with Gasteiger partial charge in [-0.3, -0.25) is 9.48 Å². The summed E-state index contributed by atoms with van der Waals surface area (Å²) < 4.78 is 9.43. The maximum Gasteiger partial charge on any atom is 0.280 e. The van der Waals surface area contributed by atoms with Gasteiger partial charge in [-0.05, 0) is 31.9 Å². The van der Waals surface area contributed by atoms with Gasteiger partial charge in [-0.15, -0.1) is 0 Å². The van der Waals surface area contributed by atoms with Crippen LogP contribution in [0.4, 0.5) is 5.69 Å². The molecule has 3 aromatic heterocycles. The van der Waals surface area contributed by atoms with Gasteiger partial charge in [-0.1, -0.05) is 0 Å². The Morgan fingerprint density at radius 1 is 1.25 bits per heavy atom. The van der Waals surface area contributed by atoms with Crippen molar-refractivity contribution in [1.82, 2.24) is 24.3 Å². The number of oxazole rings is 1. The van der Waals surface area contributed by atoms with E-state index < -0.39 is 0 Å². The van der Waals surface area contributed by atoms with Crippen molar-refractivity contribution in [2.24, 2.45) is 14.1 Å². The maximum absolute atomic E-state index is 13.3. The van der Waals surface area contributed by atoms with Gasteiger partial charge in [0.1, 0.15) is 5.76 Å². The van der Waals surface area contributed by atoms with Gasteiger partial charge in [0, 0.05) is 38.1 Å². The van der Waals surface area contributed by atoms with Gasteiger partial charge >= 0.3 is 0 Å². The highest BCUT2D eigenvalue weighted by Crippen LogP contribution is 2.34. The van der Waals surface area contributed by atoms with Gasteiger partial charge in [0.2, 0.25) is 5.89 Å². The molecule has 0 saturated heterocycles. The molecule has 1 aliphatic heterocycles.